The van der Waals surface area contributed by atoms with Gasteiger partial charge in [0.05, 0.1) is 19.6 Å². The molecule has 0 aromatic heterocycles. The number of nitrogens with one attached hydrogen (secondary N) is 2. The number of rotatable bonds is 8. The van der Waals surface area contributed by atoms with Crippen LogP contribution < -0.4 is 15.4 Å². The molecule has 0 atom stereocenters. The summed E-state index contributed by atoms with van der Waals surface area (Å²) in [7, 11) is 1.67. The largest absolute Gasteiger partial charge is 0.493 e. The third-order valence-electron chi connectivity index (χ3n) is 3.23. The standard InChI is InChI=1S/C15H22N2O3/c1-19-9-7-16-5-6-17-15(18)11-12-2-3-14-13(10-12)4-8-20-14/h2-3,10,16H,4-9,11H2,1H3,(H,17,18). The quantitative estimate of drug-likeness (QED) is 0.681. The van der Waals surface area contributed by atoms with Crippen LogP contribution in [0.15, 0.2) is 18.2 Å². The van der Waals surface area contributed by atoms with E-state index in [1.807, 2.05) is 12.1 Å². The van der Waals surface area contributed by atoms with Crippen LogP contribution in [0.2, 0.25) is 0 Å². The van der Waals surface area contributed by atoms with Crippen molar-refractivity contribution in [3.63, 3.8) is 0 Å². The number of carbonyl (C=O) groups is 1. The van der Waals surface area contributed by atoms with Crippen LogP contribution >= 0.6 is 0 Å². The van der Waals surface area contributed by atoms with Crippen molar-refractivity contribution in [1.29, 1.82) is 0 Å². The predicted octanol–water partition coefficient (Wildman–Crippen LogP) is 0.516. The predicted molar refractivity (Wildman–Crippen MR) is 77.1 cm³/mol. The molecule has 110 valence electrons. The minimum absolute atomic E-state index is 0.0532. The van der Waals surface area contributed by atoms with Gasteiger partial charge in [-0.15, -0.1) is 0 Å². The molecule has 0 saturated carbocycles. The summed E-state index contributed by atoms with van der Waals surface area (Å²) in [6.45, 7) is 3.63. The molecule has 0 saturated heterocycles. The van der Waals surface area contributed by atoms with Gasteiger partial charge in [-0.25, -0.2) is 0 Å². The second-order valence-corrected chi connectivity index (χ2v) is 4.81. The number of amides is 1. The van der Waals surface area contributed by atoms with E-state index in [9.17, 15) is 4.79 Å². The molecular formula is C15H22N2O3. The Bertz CT molecular complexity index is 449. The zero-order valence-corrected chi connectivity index (χ0v) is 11.9. The normalized spacial score (nSPS) is 12.8. The SMILES string of the molecule is COCCNCCNC(=O)Cc1ccc2c(c1)CCO2. The second kappa shape index (κ2) is 7.87. The first-order valence-electron chi connectivity index (χ1n) is 7.00. The highest BCUT2D eigenvalue weighted by Crippen LogP contribution is 2.25. The maximum Gasteiger partial charge on any atom is 0.224 e. The highest BCUT2D eigenvalue weighted by atomic mass is 16.5. The summed E-state index contributed by atoms with van der Waals surface area (Å²) >= 11 is 0. The van der Waals surface area contributed by atoms with E-state index in [0.717, 1.165) is 37.4 Å². The molecule has 1 aromatic carbocycles. The van der Waals surface area contributed by atoms with Gasteiger partial charge >= 0.3 is 0 Å². The summed E-state index contributed by atoms with van der Waals surface area (Å²) in [5.41, 5.74) is 2.25. The molecule has 2 N–H and O–H groups in total. The third kappa shape index (κ3) is 4.51. The van der Waals surface area contributed by atoms with Gasteiger partial charge in [0.15, 0.2) is 0 Å². The van der Waals surface area contributed by atoms with Gasteiger partial charge in [0.2, 0.25) is 5.91 Å². The number of fused-ring (bicyclic) bond motifs is 1. The number of hydrogen-bond donors (Lipinski definition) is 2. The lowest BCUT2D eigenvalue weighted by molar-refractivity contribution is -0.120. The van der Waals surface area contributed by atoms with Crippen LogP contribution in [0.3, 0.4) is 0 Å². The highest BCUT2D eigenvalue weighted by molar-refractivity contribution is 5.78. The molecule has 0 bridgehead atoms. The van der Waals surface area contributed by atoms with Crippen molar-refractivity contribution in [3.05, 3.63) is 29.3 Å². The van der Waals surface area contributed by atoms with E-state index in [4.69, 9.17) is 9.47 Å². The molecule has 0 radical (unpaired) electrons. The Morgan fingerprint density at radius 1 is 1.35 bits per heavy atom. The maximum absolute atomic E-state index is 11.8. The monoisotopic (exact) mass is 278 g/mol. The van der Waals surface area contributed by atoms with Gasteiger partial charge in [-0.3, -0.25) is 4.79 Å². The molecule has 0 unspecified atom stereocenters. The Kier molecular flexibility index (Phi) is 5.83. The lowest BCUT2D eigenvalue weighted by Gasteiger charge is -2.07. The average molecular weight is 278 g/mol. The van der Waals surface area contributed by atoms with Crippen molar-refractivity contribution in [2.45, 2.75) is 12.8 Å². The Labute approximate surface area is 119 Å². The van der Waals surface area contributed by atoms with Crippen molar-refractivity contribution in [3.8, 4) is 5.75 Å². The van der Waals surface area contributed by atoms with Crippen molar-refractivity contribution >= 4 is 5.91 Å². The summed E-state index contributed by atoms with van der Waals surface area (Å²) in [4.78, 5) is 11.8. The molecule has 1 aliphatic rings. The Morgan fingerprint density at radius 2 is 2.25 bits per heavy atom. The fourth-order valence-corrected chi connectivity index (χ4v) is 2.19. The fraction of sp³-hybridized carbons (Fsp3) is 0.533. The van der Waals surface area contributed by atoms with Crippen LogP contribution in [-0.2, 0) is 22.4 Å². The van der Waals surface area contributed by atoms with Gasteiger partial charge in [0, 0.05) is 33.2 Å². The van der Waals surface area contributed by atoms with E-state index in [0.29, 0.717) is 19.6 Å². The van der Waals surface area contributed by atoms with Gasteiger partial charge in [-0.1, -0.05) is 12.1 Å². The van der Waals surface area contributed by atoms with Crippen LogP contribution in [-0.4, -0.2) is 45.9 Å². The maximum atomic E-state index is 11.8. The van der Waals surface area contributed by atoms with Gasteiger partial charge in [0.25, 0.3) is 0 Å². The molecule has 1 heterocycles. The van der Waals surface area contributed by atoms with Crippen molar-refractivity contribution in [2.75, 3.05) is 40.0 Å². The molecule has 0 fully saturated rings. The third-order valence-corrected chi connectivity index (χ3v) is 3.23. The first-order valence-corrected chi connectivity index (χ1v) is 7.00. The summed E-state index contributed by atoms with van der Waals surface area (Å²) in [5, 5.41) is 6.09. The van der Waals surface area contributed by atoms with Crippen molar-refractivity contribution in [2.24, 2.45) is 0 Å². The first-order chi connectivity index (χ1) is 9.79. The molecule has 0 aliphatic carbocycles. The van der Waals surface area contributed by atoms with Crippen molar-refractivity contribution in [1.82, 2.24) is 10.6 Å². The molecule has 20 heavy (non-hydrogen) atoms. The number of ether oxygens (including phenoxy) is 2. The number of carbonyl (C=O) groups excluding carboxylic acids is 1. The van der Waals surface area contributed by atoms with Crippen LogP contribution in [0.1, 0.15) is 11.1 Å². The molecule has 1 amide bonds. The Hall–Kier alpha value is -1.59. The molecule has 5 heteroatoms. The van der Waals surface area contributed by atoms with E-state index in [1.54, 1.807) is 7.11 Å². The minimum Gasteiger partial charge on any atom is -0.493 e. The average Bonchev–Trinajstić information content (AvgIpc) is 2.90. The van der Waals surface area contributed by atoms with Gasteiger partial charge in [-0.05, 0) is 17.2 Å². The lowest BCUT2D eigenvalue weighted by Crippen LogP contribution is -2.33. The lowest BCUT2D eigenvalue weighted by atomic mass is 10.1. The van der Waals surface area contributed by atoms with Gasteiger partial charge in [-0.2, -0.15) is 0 Å². The Morgan fingerprint density at radius 3 is 3.10 bits per heavy atom. The van der Waals surface area contributed by atoms with Crippen LogP contribution in [0.4, 0.5) is 0 Å². The van der Waals surface area contributed by atoms with E-state index >= 15 is 0 Å². The number of hydrogen-bond acceptors (Lipinski definition) is 4. The van der Waals surface area contributed by atoms with Crippen LogP contribution in [0, 0.1) is 0 Å². The summed E-state index contributed by atoms with van der Waals surface area (Å²) in [5.74, 6) is 1.01. The zero-order chi connectivity index (χ0) is 14.2. The second-order valence-electron chi connectivity index (χ2n) is 4.81. The summed E-state index contributed by atoms with van der Waals surface area (Å²) < 4.78 is 10.4. The van der Waals surface area contributed by atoms with E-state index < -0.39 is 0 Å². The van der Waals surface area contributed by atoms with Crippen molar-refractivity contribution < 1.29 is 14.3 Å². The van der Waals surface area contributed by atoms with E-state index in [-0.39, 0.29) is 5.91 Å². The molecular weight excluding hydrogens is 256 g/mol. The van der Waals surface area contributed by atoms with Gasteiger partial charge in [0.1, 0.15) is 5.75 Å². The van der Waals surface area contributed by atoms with Crippen LogP contribution in [0.25, 0.3) is 0 Å². The molecule has 5 nitrogen and oxygen atoms in total. The minimum atomic E-state index is 0.0532. The number of benzene rings is 1. The first kappa shape index (κ1) is 14.8. The highest BCUT2D eigenvalue weighted by Gasteiger charge is 2.13. The smallest absolute Gasteiger partial charge is 0.224 e. The zero-order valence-electron chi connectivity index (χ0n) is 11.9. The molecule has 2 rings (SSSR count). The number of methoxy groups -OCH3 is 1. The molecule has 0 spiro atoms. The summed E-state index contributed by atoms with van der Waals surface area (Å²) in [6.07, 6.45) is 1.36. The topological polar surface area (TPSA) is 59.6 Å². The molecule has 1 aromatic rings. The van der Waals surface area contributed by atoms with Crippen LogP contribution in [0.5, 0.6) is 5.75 Å². The van der Waals surface area contributed by atoms with E-state index in [2.05, 4.69) is 16.7 Å². The molecule has 1 aliphatic heterocycles. The Balaban J connectivity index is 1.67. The van der Waals surface area contributed by atoms with Gasteiger partial charge < -0.3 is 20.1 Å². The summed E-state index contributed by atoms with van der Waals surface area (Å²) in [6, 6.07) is 5.98. The fourth-order valence-electron chi connectivity index (χ4n) is 2.19. The van der Waals surface area contributed by atoms with E-state index in [1.165, 1.54) is 5.56 Å².